The molecule has 0 amide bonds. The second-order valence-electron chi connectivity index (χ2n) is 6.18. The molecule has 0 bridgehead atoms. The summed E-state index contributed by atoms with van der Waals surface area (Å²) in [6, 6.07) is 14.2. The lowest BCUT2D eigenvalue weighted by molar-refractivity contribution is 0.573. The fourth-order valence-electron chi connectivity index (χ4n) is 3.14. The average molecular weight is 334 g/mol. The molecule has 4 nitrogen and oxygen atoms in total. The number of pyridine rings is 1. The van der Waals surface area contributed by atoms with Crippen LogP contribution in [-0.4, -0.2) is 28.0 Å². The molecular weight excluding hydrogens is 315 g/mol. The molecule has 25 heavy (non-hydrogen) atoms. The maximum Gasteiger partial charge on any atom is 0.180 e. The van der Waals surface area contributed by atoms with Gasteiger partial charge < -0.3 is 4.90 Å². The number of rotatable bonds is 3. The summed E-state index contributed by atoms with van der Waals surface area (Å²) in [5, 5.41) is 0. The fraction of sp³-hybridized carbons (Fsp3) is 0.250. The van der Waals surface area contributed by atoms with Crippen molar-refractivity contribution >= 4 is 5.82 Å². The molecule has 5 heteroatoms. The molecule has 1 fully saturated rings. The Bertz CT molecular complexity index is 861. The van der Waals surface area contributed by atoms with Crippen molar-refractivity contribution in [3.63, 3.8) is 0 Å². The Morgan fingerprint density at radius 2 is 1.64 bits per heavy atom. The quantitative estimate of drug-likeness (QED) is 0.715. The van der Waals surface area contributed by atoms with Gasteiger partial charge in [0.1, 0.15) is 17.3 Å². The molecule has 2 aromatic heterocycles. The van der Waals surface area contributed by atoms with E-state index in [2.05, 4.69) is 14.9 Å². The third-order valence-electron chi connectivity index (χ3n) is 4.44. The van der Waals surface area contributed by atoms with Crippen molar-refractivity contribution in [2.24, 2.45) is 0 Å². The van der Waals surface area contributed by atoms with Crippen LogP contribution in [0.1, 0.15) is 19.3 Å². The number of nitrogens with zero attached hydrogens (tertiary/aromatic N) is 4. The third kappa shape index (κ3) is 3.36. The van der Waals surface area contributed by atoms with Gasteiger partial charge in [0.25, 0.3) is 0 Å². The molecule has 0 saturated carbocycles. The lowest BCUT2D eigenvalue weighted by Gasteiger charge is -2.28. The first-order chi connectivity index (χ1) is 12.3. The molecule has 0 spiro atoms. The normalized spacial score (nSPS) is 14.5. The van der Waals surface area contributed by atoms with Gasteiger partial charge in [0.2, 0.25) is 0 Å². The predicted molar refractivity (Wildman–Crippen MR) is 96.7 cm³/mol. The van der Waals surface area contributed by atoms with Crippen molar-refractivity contribution < 1.29 is 4.39 Å². The van der Waals surface area contributed by atoms with E-state index in [4.69, 9.17) is 4.98 Å². The molecule has 3 aromatic rings. The zero-order chi connectivity index (χ0) is 17.1. The lowest BCUT2D eigenvalue weighted by atomic mass is 10.1. The number of aromatic nitrogens is 3. The molecule has 0 aliphatic carbocycles. The van der Waals surface area contributed by atoms with Gasteiger partial charge in [-0.15, -0.1) is 0 Å². The van der Waals surface area contributed by atoms with Crippen molar-refractivity contribution in [2.45, 2.75) is 19.3 Å². The van der Waals surface area contributed by atoms with E-state index in [1.165, 1.54) is 12.5 Å². The molecule has 0 radical (unpaired) electrons. The first kappa shape index (κ1) is 15.7. The number of hydrogen-bond acceptors (Lipinski definition) is 4. The van der Waals surface area contributed by atoms with Gasteiger partial charge in [-0.1, -0.05) is 18.2 Å². The molecule has 126 valence electrons. The Morgan fingerprint density at radius 3 is 2.40 bits per heavy atom. The van der Waals surface area contributed by atoms with E-state index in [1.807, 2.05) is 30.3 Å². The third-order valence-corrected chi connectivity index (χ3v) is 4.44. The van der Waals surface area contributed by atoms with Gasteiger partial charge in [-0.25, -0.2) is 14.4 Å². The minimum atomic E-state index is -0.280. The molecule has 0 N–H and O–H groups in total. The highest BCUT2D eigenvalue weighted by atomic mass is 19.1. The van der Waals surface area contributed by atoms with E-state index in [1.54, 1.807) is 18.3 Å². The Hall–Kier alpha value is -2.82. The Balaban J connectivity index is 1.84. The second kappa shape index (κ2) is 6.97. The SMILES string of the molecule is Fc1ccccc1-c1cc(N2CCCCC2)nc(-c2ccccn2)n1. The smallest absolute Gasteiger partial charge is 0.180 e. The van der Waals surface area contributed by atoms with E-state index in [0.717, 1.165) is 31.7 Å². The zero-order valence-electron chi connectivity index (χ0n) is 13.9. The molecule has 3 heterocycles. The maximum atomic E-state index is 14.3. The van der Waals surface area contributed by atoms with Crippen LogP contribution in [0.25, 0.3) is 22.8 Å². The van der Waals surface area contributed by atoms with Crippen LogP contribution in [0.15, 0.2) is 54.7 Å². The zero-order valence-corrected chi connectivity index (χ0v) is 13.9. The molecule has 1 aliphatic heterocycles. The Morgan fingerprint density at radius 1 is 0.840 bits per heavy atom. The van der Waals surface area contributed by atoms with E-state index < -0.39 is 0 Å². The average Bonchev–Trinajstić information content (AvgIpc) is 2.69. The number of benzene rings is 1. The largest absolute Gasteiger partial charge is 0.356 e. The molecule has 4 rings (SSSR count). The van der Waals surface area contributed by atoms with Crippen molar-refractivity contribution in [1.82, 2.24) is 15.0 Å². The summed E-state index contributed by atoms with van der Waals surface area (Å²) in [5.74, 6) is 1.09. The Labute approximate surface area is 146 Å². The van der Waals surface area contributed by atoms with E-state index >= 15 is 0 Å². The monoisotopic (exact) mass is 334 g/mol. The van der Waals surface area contributed by atoms with Gasteiger partial charge >= 0.3 is 0 Å². The van der Waals surface area contributed by atoms with Crippen LogP contribution in [0.4, 0.5) is 10.2 Å². The van der Waals surface area contributed by atoms with Crippen molar-refractivity contribution in [3.05, 3.63) is 60.5 Å². The van der Waals surface area contributed by atoms with E-state index in [0.29, 0.717) is 22.8 Å². The van der Waals surface area contributed by atoms with Crippen LogP contribution in [0.2, 0.25) is 0 Å². The highest BCUT2D eigenvalue weighted by molar-refractivity contribution is 5.67. The van der Waals surface area contributed by atoms with Crippen LogP contribution in [0, 0.1) is 5.82 Å². The number of halogens is 1. The summed E-state index contributed by atoms with van der Waals surface area (Å²) in [5.41, 5.74) is 1.77. The van der Waals surface area contributed by atoms with E-state index in [-0.39, 0.29) is 5.82 Å². The summed E-state index contributed by atoms with van der Waals surface area (Å²) in [6.45, 7) is 1.94. The summed E-state index contributed by atoms with van der Waals surface area (Å²) in [4.78, 5) is 15.9. The second-order valence-corrected chi connectivity index (χ2v) is 6.18. The standard InChI is InChI=1S/C20H19FN4/c21-16-9-3-2-8-15(16)18-14-19(25-12-6-1-7-13-25)24-20(23-18)17-10-4-5-11-22-17/h2-5,8-11,14H,1,6-7,12-13H2. The summed E-state index contributed by atoms with van der Waals surface area (Å²) in [6.07, 6.45) is 5.26. The van der Waals surface area contributed by atoms with Crippen LogP contribution >= 0.6 is 0 Å². The molecule has 1 saturated heterocycles. The van der Waals surface area contributed by atoms with Crippen LogP contribution in [-0.2, 0) is 0 Å². The molecule has 0 atom stereocenters. The number of anilines is 1. The van der Waals surface area contributed by atoms with Crippen molar-refractivity contribution in [3.8, 4) is 22.8 Å². The van der Waals surface area contributed by atoms with Crippen LogP contribution < -0.4 is 4.90 Å². The molecular formula is C20H19FN4. The van der Waals surface area contributed by atoms with Crippen molar-refractivity contribution in [2.75, 3.05) is 18.0 Å². The minimum Gasteiger partial charge on any atom is -0.356 e. The highest BCUT2D eigenvalue weighted by Gasteiger charge is 2.17. The highest BCUT2D eigenvalue weighted by Crippen LogP contribution is 2.28. The predicted octanol–water partition coefficient (Wildman–Crippen LogP) is 4.34. The Kier molecular flexibility index (Phi) is 4.37. The van der Waals surface area contributed by atoms with Crippen molar-refractivity contribution in [1.29, 1.82) is 0 Å². The van der Waals surface area contributed by atoms with Gasteiger partial charge in [0, 0.05) is 30.9 Å². The maximum absolute atomic E-state index is 14.3. The number of hydrogen-bond donors (Lipinski definition) is 0. The summed E-state index contributed by atoms with van der Waals surface area (Å²) >= 11 is 0. The number of piperidine rings is 1. The first-order valence-electron chi connectivity index (χ1n) is 8.61. The first-order valence-corrected chi connectivity index (χ1v) is 8.61. The van der Waals surface area contributed by atoms with Gasteiger partial charge in [-0.3, -0.25) is 4.98 Å². The van der Waals surface area contributed by atoms with Gasteiger partial charge in [-0.05, 0) is 43.5 Å². The fourth-order valence-corrected chi connectivity index (χ4v) is 3.14. The van der Waals surface area contributed by atoms with Gasteiger partial charge in [-0.2, -0.15) is 0 Å². The summed E-state index contributed by atoms with van der Waals surface area (Å²) in [7, 11) is 0. The van der Waals surface area contributed by atoms with E-state index in [9.17, 15) is 4.39 Å². The molecule has 0 unspecified atom stereocenters. The minimum absolute atomic E-state index is 0.280. The van der Waals surface area contributed by atoms with Gasteiger partial charge in [0.15, 0.2) is 5.82 Å². The van der Waals surface area contributed by atoms with Gasteiger partial charge in [0.05, 0.1) is 5.69 Å². The molecule has 1 aliphatic rings. The topological polar surface area (TPSA) is 41.9 Å². The van der Waals surface area contributed by atoms with Crippen LogP contribution in [0.5, 0.6) is 0 Å². The van der Waals surface area contributed by atoms with Crippen LogP contribution in [0.3, 0.4) is 0 Å². The summed E-state index contributed by atoms with van der Waals surface area (Å²) < 4.78 is 14.3. The lowest BCUT2D eigenvalue weighted by Crippen LogP contribution is -2.30. The molecule has 1 aromatic carbocycles.